The summed E-state index contributed by atoms with van der Waals surface area (Å²) in [4.78, 5) is 17.9. The molecule has 0 saturated carbocycles. The molecule has 0 bridgehead atoms. The molecule has 0 spiro atoms. The fourth-order valence-electron chi connectivity index (χ4n) is 4.64. The summed E-state index contributed by atoms with van der Waals surface area (Å²) in [5, 5.41) is 14.2. The number of carbonyl (C=O) groups is 1. The zero-order valence-electron chi connectivity index (χ0n) is 17.9. The summed E-state index contributed by atoms with van der Waals surface area (Å²) in [6.45, 7) is 8.29. The van der Waals surface area contributed by atoms with E-state index in [0.717, 1.165) is 50.3 Å². The van der Waals surface area contributed by atoms with Crippen molar-refractivity contribution in [1.82, 2.24) is 19.6 Å². The van der Waals surface area contributed by atoms with Crippen molar-refractivity contribution in [2.45, 2.75) is 51.5 Å². The molecular formula is C23H32N4O3. The predicted octanol–water partition coefficient (Wildman–Crippen LogP) is 2.25. The van der Waals surface area contributed by atoms with Crippen LogP contribution in [0.15, 0.2) is 36.5 Å². The van der Waals surface area contributed by atoms with Gasteiger partial charge >= 0.3 is 0 Å². The zero-order chi connectivity index (χ0) is 21.1. The molecule has 1 N–H and O–H groups in total. The second-order valence-electron chi connectivity index (χ2n) is 8.25. The third-order valence-corrected chi connectivity index (χ3v) is 6.38. The minimum atomic E-state index is -0.199. The summed E-state index contributed by atoms with van der Waals surface area (Å²) in [6.07, 6.45) is 2.97. The smallest absolute Gasteiger partial charge is 0.258 e. The van der Waals surface area contributed by atoms with Gasteiger partial charge in [-0.05, 0) is 32.3 Å². The van der Waals surface area contributed by atoms with Gasteiger partial charge in [-0.1, -0.05) is 30.3 Å². The van der Waals surface area contributed by atoms with E-state index in [0.29, 0.717) is 18.7 Å². The maximum Gasteiger partial charge on any atom is 0.258 e. The van der Waals surface area contributed by atoms with Crippen molar-refractivity contribution >= 4 is 5.91 Å². The number of piperidine rings is 1. The average Bonchev–Trinajstić information content (AvgIpc) is 3.15. The number of ether oxygens (including phenoxy) is 1. The van der Waals surface area contributed by atoms with Gasteiger partial charge in [0.2, 0.25) is 0 Å². The number of rotatable bonds is 5. The normalized spacial score (nSPS) is 23.6. The number of likely N-dealkylation sites (tertiary alicyclic amines) is 1. The summed E-state index contributed by atoms with van der Waals surface area (Å²) in [5.41, 5.74) is 2.66. The summed E-state index contributed by atoms with van der Waals surface area (Å²) in [6, 6.07) is 10.0. The average molecular weight is 413 g/mol. The fraction of sp³-hybridized carbons (Fsp3) is 0.565. The minimum Gasteiger partial charge on any atom is -0.393 e. The fourth-order valence-corrected chi connectivity index (χ4v) is 4.64. The highest BCUT2D eigenvalue weighted by atomic mass is 16.5. The lowest BCUT2D eigenvalue weighted by Gasteiger charge is -2.44. The molecule has 30 heavy (non-hydrogen) atoms. The Balaban J connectivity index is 1.61. The van der Waals surface area contributed by atoms with Crippen LogP contribution in [0.5, 0.6) is 0 Å². The Bertz CT molecular complexity index is 845. The van der Waals surface area contributed by atoms with Crippen LogP contribution in [0.3, 0.4) is 0 Å². The second kappa shape index (κ2) is 9.29. The molecule has 0 unspecified atom stereocenters. The summed E-state index contributed by atoms with van der Waals surface area (Å²) < 4.78 is 8.09. The van der Waals surface area contributed by atoms with Crippen molar-refractivity contribution in [2.24, 2.45) is 0 Å². The number of aliphatic hydroxyl groups is 1. The molecule has 4 rings (SSSR count). The molecule has 2 saturated heterocycles. The van der Waals surface area contributed by atoms with Crippen LogP contribution in [0.25, 0.3) is 0 Å². The first-order valence-electron chi connectivity index (χ1n) is 11.0. The van der Waals surface area contributed by atoms with Gasteiger partial charge in [-0.15, -0.1) is 0 Å². The lowest BCUT2D eigenvalue weighted by Crippen LogP contribution is -2.52. The Morgan fingerprint density at radius 1 is 1.20 bits per heavy atom. The van der Waals surface area contributed by atoms with E-state index < -0.39 is 0 Å². The minimum absolute atomic E-state index is 0.0171. The highest BCUT2D eigenvalue weighted by Gasteiger charge is 2.38. The van der Waals surface area contributed by atoms with Crippen LogP contribution in [-0.4, -0.2) is 75.6 Å². The van der Waals surface area contributed by atoms with Gasteiger partial charge in [-0.25, -0.2) is 0 Å². The number of benzene rings is 1. The Kier molecular flexibility index (Phi) is 6.51. The van der Waals surface area contributed by atoms with Gasteiger partial charge in [0, 0.05) is 38.4 Å². The van der Waals surface area contributed by atoms with E-state index in [1.165, 1.54) is 0 Å². The summed E-state index contributed by atoms with van der Waals surface area (Å²) >= 11 is 0. The number of aryl methyl sites for hydroxylation is 1. The Labute approximate surface area is 178 Å². The third-order valence-electron chi connectivity index (χ3n) is 6.38. The van der Waals surface area contributed by atoms with Gasteiger partial charge < -0.3 is 19.6 Å². The molecule has 2 aliphatic heterocycles. The third kappa shape index (κ3) is 4.29. The Morgan fingerprint density at radius 3 is 2.60 bits per heavy atom. The van der Waals surface area contributed by atoms with Gasteiger partial charge in [0.15, 0.2) is 0 Å². The maximum absolute atomic E-state index is 13.6. The number of aromatic nitrogens is 2. The molecule has 1 amide bonds. The number of hydrogen-bond acceptors (Lipinski definition) is 5. The van der Waals surface area contributed by atoms with Crippen LogP contribution >= 0.6 is 0 Å². The van der Waals surface area contributed by atoms with Gasteiger partial charge in [0.05, 0.1) is 36.6 Å². The Morgan fingerprint density at radius 2 is 1.93 bits per heavy atom. The lowest BCUT2D eigenvalue weighted by atomic mass is 9.96. The SMILES string of the molecule is CCn1ncc(C(=O)N2CCO[C@@H](CN3CCC(O)CC3)[C@@H]2c2ccccc2)c1C. The van der Waals surface area contributed by atoms with Crippen LogP contribution in [0.4, 0.5) is 0 Å². The number of aliphatic hydroxyl groups excluding tert-OH is 1. The molecule has 7 heteroatoms. The lowest BCUT2D eigenvalue weighted by molar-refractivity contribution is -0.0770. The molecule has 162 valence electrons. The number of nitrogens with zero attached hydrogens (tertiary/aromatic N) is 4. The molecule has 1 aromatic carbocycles. The highest BCUT2D eigenvalue weighted by molar-refractivity contribution is 5.95. The molecule has 2 atom stereocenters. The molecule has 2 aliphatic rings. The van der Waals surface area contributed by atoms with E-state index in [4.69, 9.17) is 4.74 Å². The predicted molar refractivity (Wildman–Crippen MR) is 114 cm³/mol. The molecule has 2 fully saturated rings. The number of amides is 1. The largest absolute Gasteiger partial charge is 0.393 e. The van der Waals surface area contributed by atoms with Gasteiger partial charge in [-0.3, -0.25) is 9.48 Å². The first kappa shape index (κ1) is 21.0. The zero-order valence-corrected chi connectivity index (χ0v) is 17.9. The molecule has 1 aromatic heterocycles. The number of carbonyl (C=O) groups excluding carboxylic acids is 1. The van der Waals surface area contributed by atoms with Crippen LogP contribution < -0.4 is 0 Å². The number of hydrogen-bond donors (Lipinski definition) is 1. The number of morpholine rings is 1. The van der Waals surface area contributed by atoms with E-state index in [1.54, 1.807) is 6.20 Å². The van der Waals surface area contributed by atoms with E-state index >= 15 is 0 Å². The van der Waals surface area contributed by atoms with E-state index in [9.17, 15) is 9.90 Å². The standard InChI is InChI=1S/C23H32N4O3/c1-3-27-17(2)20(15-24-27)23(29)26-13-14-30-21(16-25-11-9-19(28)10-12-25)22(26)18-7-5-4-6-8-18/h4-8,15,19,21-22,28H,3,9-14,16H2,1-2H3/t21-,22-/m0/s1. The first-order chi connectivity index (χ1) is 14.6. The van der Waals surface area contributed by atoms with E-state index in [1.807, 2.05) is 41.6 Å². The van der Waals surface area contributed by atoms with Crippen LogP contribution in [0.2, 0.25) is 0 Å². The van der Waals surface area contributed by atoms with E-state index in [2.05, 4.69) is 22.1 Å². The van der Waals surface area contributed by atoms with E-state index in [-0.39, 0.29) is 24.2 Å². The van der Waals surface area contributed by atoms with Crippen LogP contribution in [0, 0.1) is 6.92 Å². The molecule has 0 aliphatic carbocycles. The quantitative estimate of drug-likeness (QED) is 0.816. The molecule has 2 aromatic rings. The van der Waals surface area contributed by atoms with Crippen molar-refractivity contribution in [3.63, 3.8) is 0 Å². The first-order valence-corrected chi connectivity index (χ1v) is 11.0. The van der Waals surface area contributed by atoms with Crippen molar-refractivity contribution in [3.8, 4) is 0 Å². The monoisotopic (exact) mass is 412 g/mol. The van der Waals surface area contributed by atoms with Gasteiger partial charge in [-0.2, -0.15) is 5.10 Å². The van der Waals surface area contributed by atoms with Crippen molar-refractivity contribution in [2.75, 3.05) is 32.8 Å². The van der Waals surface area contributed by atoms with Crippen molar-refractivity contribution in [3.05, 3.63) is 53.3 Å². The topological polar surface area (TPSA) is 70.8 Å². The molecule has 3 heterocycles. The van der Waals surface area contributed by atoms with Crippen molar-refractivity contribution < 1.29 is 14.6 Å². The van der Waals surface area contributed by atoms with Gasteiger partial charge in [0.25, 0.3) is 5.91 Å². The summed E-state index contributed by atoms with van der Waals surface area (Å²) in [5.74, 6) is 0.0171. The maximum atomic E-state index is 13.6. The molecular weight excluding hydrogens is 380 g/mol. The van der Waals surface area contributed by atoms with Crippen LogP contribution in [0.1, 0.15) is 47.4 Å². The summed E-state index contributed by atoms with van der Waals surface area (Å²) in [7, 11) is 0. The van der Waals surface area contributed by atoms with Crippen LogP contribution in [-0.2, 0) is 11.3 Å². The Hall–Kier alpha value is -2.22. The highest BCUT2D eigenvalue weighted by Crippen LogP contribution is 2.32. The molecule has 0 radical (unpaired) electrons. The van der Waals surface area contributed by atoms with Gasteiger partial charge in [0.1, 0.15) is 0 Å². The van der Waals surface area contributed by atoms with Crippen molar-refractivity contribution in [1.29, 1.82) is 0 Å². The second-order valence-corrected chi connectivity index (χ2v) is 8.25. The molecule has 7 nitrogen and oxygen atoms in total.